The van der Waals surface area contributed by atoms with Crippen molar-refractivity contribution < 1.29 is 33.4 Å². The second kappa shape index (κ2) is 12.2. The molecule has 0 aromatic heterocycles. The summed E-state index contributed by atoms with van der Waals surface area (Å²) in [5, 5.41) is 2.62. The number of ether oxygens (including phenoxy) is 3. The summed E-state index contributed by atoms with van der Waals surface area (Å²) in [7, 11) is 0. The number of carbonyl (C=O) groups excluding carboxylic acids is 4. The minimum absolute atomic E-state index is 0.0158. The van der Waals surface area contributed by atoms with Crippen molar-refractivity contribution in [2.75, 3.05) is 19.7 Å². The summed E-state index contributed by atoms with van der Waals surface area (Å²) in [6, 6.07) is 8.37. The molecule has 1 saturated heterocycles. The minimum Gasteiger partial charge on any atom is -0.461 e. The standard InChI is InChI=1S/C23H32N2O7/c1-15(2)10-18(24-23(29)31-13-17-8-6-5-7-9-17)22(28)25-11-19(26)20(12-25)30-14-21(27)32-16(3)4/h5-9,15-16,18,20H,10-14H2,1-4H3,(H,24,29). The van der Waals surface area contributed by atoms with E-state index >= 15 is 0 Å². The van der Waals surface area contributed by atoms with Gasteiger partial charge in [0.2, 0.25) is 5.91 Å². The molecule has 1 heterocycles. The lowest BCUT2D eigenvalue weighted by Crippen LogP contribution is -2.49. The van der Waals surface area contributed by atoms with E-state index in [9.17, 15) is 19.2 Å². The van der Waals surface area contributed by atoms with Crippen molar-refractivity contribution in [3.63, 3.8) is 0 Å². The van der Waals surface area contributed by atoms with E-state index in [0.717, 1.165) is 5.56 Å². The van der Waals surface area contributed by atoms with Gasteiger partial charge in [0.1, 0.15) is 25.4 Å². The molecule has 0 aliphatic carbocycles. The average molecular weight is 449 g/mol. The van der Waals surface area contributed by atoms with E-state index in [2.05, 4.69) is 5.32 Å². The molecule has 9 heteroatoms. The fourth-order valence-electron chi connectivity index (χ4n) is 3.26. The molecule has 0 bridgehead atoms. The number of carbonyl (C=O) groups is 4. The van der Waals surface area contributed by atoms with Crippen LogP contribution in [-0.2, 0) is 35.2 Å². The van der Waals surface area contributed by atoms with Gasteiger partial charge in [-0.3, -0.25) is 9.59 Å². The van der Waals surface area contributed by atoms with Gasteiger partial charge in [0, 0.05) is 0 Å². The number of alkyl carbamates (subject to hydrolysis) is 1. The first kappa shape index (κ1) is 25.3. The molecule has 0 radical (unpaired) electrons. The Kier molecular flexibility index (Phi) is 9.64. The maximum atomic E-state index is 13.0. The number of esters is 1. The van der Waals surface area contributed by atoms with Crippen LogP contribution >= 0.6 is 0 Å². The zero-order valence-electron chi connectivity index (χ0n) is 19.0. The minimum atomic E-state index is -0.900. The lowest BCUT2D eigenvalue weighted by atomic mass is 10.0. The van der Waals surface area contributed by atoms with Crippen molar-refractivity contribution in [3.8, 4) is 0 Å². The third-order valence-electron chi connectivity index (χ3n) is 4.68. The van der Waals surface area contributed by atoms with Crippen LogP contribution in [0.1, 0.15) is 39.7 Å². The highest BCUT2D eigenvalue weighted by molar-refractivity contribution is 5.95. The maximum absolute atomic E-state index is 13.0. The van der Waals surface area contributed by atoms with E-state index in [1.165, 1.54) is 4.90 Å². The predicted molar refractivity (Wildman–Crippen MR) is 116 cm³/mol. The average Bonchev–Trinajstić information content (AvgIpc) is 3.10. The van der Waals surface area contributed by atoms with Crippen LogP contribution in [0.5, 0.6) is 0 Å². The van der Waals surface area contributed by atoms with Crippen molar-refractivity contribution in [1.29, 1.82) is 0 Å². The Morgan fingerprint density at radius 2 is 1.81 bits per heavy atom. The van der Waals surface area contributed by atoms with Gasteiger partial charge >= 0.3 is 12.1 Å². The maximum Gasteiger partial charge on any atom is 0.408 e. The molecule has 0 saturated carbocycles. The molecule has 1 N–H and O–H groups in total. The van der Waals surface area contributed by atoms with Crippen molar-refractivity contribution in [2.45, 2.75) is 59.0 Å². The quantitative estimate of drug-likeness (QED) is 0.546. The first-order valence-electron chi connectivity index (χ1n) is 10.8. The van der Waals surface area contributed by atoms with Gasteiger partial charge in [0.25, 0.3) is 0 Å². The predicted octanol–water partition coefficient (Wildman–Crippen LogP) is 2.08. The Balaban J connectivity index is 1.91. The van der Waals surface area contributed by atoms with Gasteiger partial charge in [-0.15, -0.1) is 0 Å². The monoisotopic (exact) mass is 448 g/mol. The summed E-state index contributed by atoms with van der Waals surface area (Å²) >= 11 is 0. The van der Waals surface area contributed by atoms with Gasteiger partial charge in [0.15, 0.2) is 5.78 Å². The fraction of sp³-hybridized carbons (Fsp3) is 0.565. The molecular weight excluding hydrogens is 416 g/mol. The van der Waals surface area contributed by atoms with Crippen LogP contribution in [0.25, 0.3) is 0 Å². The molecule has 2 atom stereocenters. The molecule has 1 aliphatic heterocycles. The third-order valence-corrected chi connectivity index (χ3v) is 4.68. The number of rotatable bonds is 10. The summed E-state index contributed by atoms with van der Waals surface area (Å²) in [4.78, 5) is 50.5. The zero-order valence-corrected chi connectivity index (χ0v) is 19.0. The van der Waals surface area contributed by atoms with Crippen molar-refractivity contribution in [2.24, 2.45) is 5.92 Å². The molecule has 2 rings (SSSR count). The van der Waals surface area contributed by atoms with Gasteiger partial charge in [0.05, 0.1) is 19.2 Å². The Bertz CT molecular complexity index is 795. The summed E-state index contributed by atoms with van der Waals surface area (Å²) in [6.07, 6.45) is -1.50. The second-order valence-electron chi connectivity index (χ2n) is 8.41. The van der Waals surface area contributed by atoms with Crippen LogP contribution in [0.2, 0.25) is 0 Å². The van der Waals surface area contributed by atoms with Crippen molar-refractivity contribution >= 4 is 23.8 Å². The second-order valence-corrected chi connectivity index (χ2v) is 8.41. The number of ketones is 1. The first-order valence-corrected chi connectivity index (χ1v) is 10.8. The van der Waals surface area contributed by atoms with E-state index in [1.807, 2.05) is 44.2 Å². The van der Waals surface area contributed by atoms with E-state index in [-0.39, 0.29) is 50.0 Å². The number of likely N-dealkylation sites (tertiary alicyclic amines) is 1. The highest BCUT2D eigenvalue weighted by atomic mass is 16.6. The number of nitrogens with one attached hydrogen (secondary N) is 1. The fourth-order valence-corrected chi connectivity index (χ4v) is 3.26. The van der Waals surface area contributed by atoms with Crippen molar-refractivity contribution in [1.82, 2.24) is 10.2 Å². The summed E-state index contributed by atoms with van der Waals surface area (Å²) < 4.78 is 15.6. The molecule has 1 aliphatic rings. The van der Waals surface area contributed by atoms with Crippen molar-refractivity contribution in [3.05, 3.63) is 35.9 Å². The number of benzene rings is 1. The van der Waals surface area contributed by atoms with Crippen LogP contribution in [0.15, 0.2) is 30.3 Å². The van der Waals surface area contributed by atoms with Crippen LogP contribution in [0.3, 0.4) is 0 Å². The molecule has 176 valence electrons. The first-order chi connectivity index (χ1) is 15.2. The topological polar surface area (TPSA) is 111 Å². The van der Waals surface area contributed by atoms with Crippen LogP contribution in [-0.4, -0.2) is 66.6 Å². The van der Waals surface area contributed by atoms with Crippen LogP contribution < -0.4 is 5.32 Å². The van der Waals surface area contributed by atoms with E-state index in [4.69, 9.17) is 14.2 Å². The lowest BCUT2D eigenvalue weighted by Gasteiger charge is -2.25. The molecule has 1 aromatic rings. The normalized spacial score (nSPS) is 16.9. The molecule has 32 heavy (non-hydrogen) atoms. The SMILES string of the molecule is CC(C)CC(NC(=O)OCc1ccccc1)C(=O)N1CC(=O)C(OCC(=O)OC(C)C)C1. The molecule has 1 fully saturated rings. The molecule has 1 aromatic carbocycles. The summed E-state index contributed by atoms with van der Waals surface area (Å²) in [5.74, 6) is -1.14. The highest BCUT2D eigenvalue weighted by Gasteiger charge is 2.38. The Hall–Kier alpha value is -2.94. The number of Topliss-reactive ketones (excluding diaryl/α,β-unsaturated/α-hetero) is 1. The van der Waals surface area contributed by atoms with Gasteiger partial charge < -0.3 is 24.4 Å². The zero-order chi connectivity index (χ0) is 23.7. The third kappa shape index (κ3) is 8.30. The number of hydrogen-bond donors (Lipinski definition) is 1. The number of nitrogens with zero attached hydrogens (tertiary/aromatic N) is 1. The van der Waals surface area contributed by atoms with E-state index in [0.29, 0.717) is 6.42 Å². The van der Waals surface area contributed by atoms with E-state index in [1.54, 1.807) is 13.8 Å². The van der Waals surface area contributed by atoms with Crippen LogP contribution in [0, 0.1) is 5.92 Å². The Morgan fingerprint density at radius 3 is 2.44 bits per heavy atom. The Labute approximate surface area is 188 Å². The molecule has 9 nitrogen and oxygen atoms in total. The van der Waals surface area contributed by atoms with E-state index < -0.39 is 24.2 Å². The number of hydrogen-bond acceptors (Lipinski definition) is 7. The van der Waals surface area contributed by atoms with Gasteiger partial charge in [-0.25, -0.2) is 9.59 Å². The molecule has 0 spiro atoms. The van der Waals surface area contributed by atoms with Crippen LogP contribution in [0.4, 0.5) is 4.79 Å². The Morgan fingerprint density at radius 1 is 1.12 bits per heavy atom. The molecule has 2 amide bonds. The van der Waals surface area contributed by atoms with Gasteiger partial charge in [-0.1, -0.05) is 44.2 Å². The van der Waals surface area contributed by atoms with Gasteiger partial charge in [-0.05, 0) is 31.7 Å². The largest absolute Gasteiger partial charge is 0.461 e. The summed E-state index contributed by atoms with van der Waals surface area (Å²) in [5.41, 5.74) is 0.829. The highest BCUT2D eigenvalue weighted by Crippen LogP contribution is 2.15. The molecule has 2 unspecified atom stereocenters. The lowest BCUT2D eigenvalue weighted by molar-refractivity contribution is -0.155. The smallest absolute Gasteiger partial charge is 0.408 e. The molecular formula is C23H32N2O7. The van der Waals surface area contributed by atoms with Gasteiger partial charge in [-0.2, -0.15) is 0 Å². The number of amides is 2. The summed E-state index contributed by atoms with van der Waals surface area (Å²) in [6.45, 7) is 6.88.